The van der Waals surface area contributed by atoms with Gasteiger partial charge in [0.2, 0.25) is 5.91 Å². The lowest BCUT2D eigenvalue weighted by Gasteiger charge is -2.33. The Morgan fingerprint density at radius 3 is 2.36 bits per heavy atom. The third-order valence-corrected chi connectivity index (χ3v) is 4.14. The average molecular weight is 366 g/mol. The van der Waals surface area contributed by atoms with Gasteiger partial charge in [-0.25, -0.2) is 4.39 Å². The van der Waals surface area contributed by atoms with E-state index in [9.17, 15) is 14.0 Å². The van der Waals surface area contributed by atoms with Gasteiger partial charge in [-0.1, -0.05) is 0 Å². The van der Waals surface area contributed by atoms with Crippen LogP contribution >= 0.6 is 11.6 Å². The molecule has 2 aromatic rings. The number of halogens is 2. The fraction of sp³-hybridized carbons (Fsp3) is 0.294. The maximum Gasteiger partial charge on any atom is 0.289 e. The molecule has 0 aliphatic carbocycles. The number of carbonyl (C=O) groups is 2. The van der Waals surface area contributed by atoms with E-state index < -0.39 is 0 Å². The number of nitrogens with one attached hydrogen (secondary N) is 1. The quantitative estimate of drug-likeness (QED) is 0.904. The van der Waals surface area contributed by atoms with Crippen LogP contribution in [0.2, 0.25) is 5.22 Å². The molecule has 0 spiro atoms. The number of amides is 2. The first-order valence-electron chi connectivity index (χ1n) is 7.83. The van der Waals surface area contributed by atoms with Gasteiger partial charge in [0, 0.05) is 31.9 Å². The highest BCUT2D eigenvalue weighted by Gasteiger charge is 2.25. The van der Waals surface area contributed by atoms with E-state index in [2.05, 4.69) is 5.32 Å². The van der Waals surface area contributed by atoms with Gasteiger partial charge >= 0.3 is 0 Å². The summed E-state index contributed by atoms with van der Waals surface area (Å²) in [5, 5.41) is 2.90. The Morgan fingerprint density at radius 2 is 1.76 bits per heavy atom. The number of hydrogen-bond acceptors (Lipinski definition) is 4. The predicted octanol–water partition coefficient (Wildman–Crippen LogP) is 2.47. The minimum absolute atomic E-state index is 0.177. The van der Waals surface area contributed by atoms with E-state index in [1.54, 1.807) is 11.0 Å². The second-order valence-electron chi connectivity index (χ2n) is 5.73. The molecule has 1 fully saturated rings. The molecule has 25 heavy (non-hydrogen) atoms. The van der Waals surface area contributed by atoms with Crippen molar-refractivity contribution in [1.29, 1.82) is 0 Å². The van der Waals surface area contributed by atoms with Gasteiger partial charge in [-0.15, -0.1) is 0 Å². The zero-order chi connectivity index (χ0) is 17.8. The second-order valence-corrected chi connectivity index (χ2v) is 6.10. The number of furan rings is 1. The Balaban J connectivity index is 1.46. The molecular weight excluding hydrogens is 349 g/mol. The summed E-state index contributed by atoms with van der Waals surface area (Å²) in [5.41, 5.74) is 0.551. The Hall–Kier alpha value is -2.38. The van der Waals surface area contributed by atoms with Crippen molar-refractivity contribution < 1.29 is 18.4 Å². The maximum atomic E-state index is 12.9. The molecule has 0 radical (unpaired) electrons. The number of rotatable bonds is 4. The van der Waals surface area contributed by atoms with E-state index in [4.69, 9.17) is 16.0 Å². The van der Waals surface area contributed by atoms with E-state index in [1.165, 1.54) is 30.3 Å². The lowest BCUT2D eigenvalue weighted by atomic mass is 10.2. The zero-order valence-electron chi connectivity index (χ0n) is 13.4. The molecule has 1 N–H and O–H groups in total. The van der Waals surface area contributed by atoms with Crippen LogP contribution in [0.5, 0.6) is 0 Å². The van der Waals surface area contributed by atoms with Gasteiger partial charge in [-0.3, -0.25) is 14.5 Å². The van der Waals surface area contributed by atoms with E-state index in [0.29, 0.717) is 31.9 Å². The summed E-state index contributed by atoms with van der Waals surface area (Å²) in [6, 6.07) is 8.69. The number of hydrogen-bond donors (Lipinski definition) is 1. The largest absolute Gasteiger partial charge is 0.440 e. The molecule has 0 unspecified atom stereocenters. The molecule has 132 valence electrons. The number of benzene rings is 1. The average Bonchev–Trinajstić information content (AvgIpc) is 3.03. The van der Waals surface area contributed by atoms with Crippen molar-refractivity contribution in [2.45, 2.75) is 0 Å². The van der Waals surface area contributed by atoms with Gasteiger partial charge in [0.05, 0.1) is 6.54 Å². The van der Waals surface area contributed by atoms with Crippen LogP contribution in [0.25, 0.3) is 0 Å². The standard InChI is InChI=1S/C17H17ClFN3O3/c18-15-6-5-14(25-15)17(24)22-9-7-21(8-10-22)11-16(23)20-13-3-1-12(19)2-4-13/h1-6H,7-11H2,(H,20,23). The van der Waals surface area contributed by atoms with Gasteiger partial charge in [-0.05, 0) is 48.0 Å². The Kier molecular flexibility index (Phi) is 5.35. The van der Waals surface area contributed by atoms with Crippen LogP contribution in [0, 0.1) is 5.82 Å². The van der Waals surface area contributed by atoms with Gasteiger partial charge in [0.25, 0.3) is 5.91 Å². The number of nitrogens with zero attached hydrogens (tertiary/aromatic N) is 2. The third kappa shape index (κ3) is 4.58. The summed E-state index contributed by atoms with van der Waals surface area (Å²) >= 11 is 5.69. The molecule has 3 rings (SSSR count). The molecule has 8 heteroatoms. The third-order valence-electron chi connectivity index (χ3n) is 3.94. The summed E-state index contributed by atoms with van der Waals surface area (Å²) < 4.78 is 18.0. The van der Waals surface area contributed by atoms with Crippen LogP contribution in [0.4, 0.5) is 10.1 Å². The topological polar surface area (TPSA) is 65.8 Å². The van der Waals surface area contributed by atoms with Gasteiger partial charge in [-0.2, -0.15) is 0 Å². The van der Waals surface area contributed by atoms with Gasteiger partial charge in [0.15, 0.2) is 11.0 Å². The van der Waals surface area contributed by atoms with Crippen molar-refractivity contribution in [3.05, 3.63) is 53.2 Å². The smallest absolute Gasteiger partial charge is 0.289 e. The normalized spacial score (nSPS) is 15.2. The highest BCUT2D eigenvalue weighted by Crippen LogP contribution is 2.16. The SMILES string of the molecule is O=C(CN1CCN(C(=O)c2ccc(Cl)o2)CC1)Nc1ccc(F)cc1. The van der Waals surface area contributed by atoms with Crippen LogP contribution in [0.3, 0.4) is 0 Å². The summed E-state index contributed by atoms with van der Waals surface area (Å²) in [6.07, 6.45) is 0. The molecule has 0 bridgehead atoms. The van der Waals surface area contributed by atoms with Gasteiger partial charge < -0.3 is 14.6 Å². The molecule has 2 amide bonds. The van der Waals surface area contributed by atoms with Crippen LogP contribution in [0.1, 0.15) is 10.6 Å². The lowest BCUT2D eigenvalue weighted by molar-refractivity contribution is -0.117. The zero-order valence-corrected chi connectivity index (χ0v) is 14.1. The first-order chi connectivity index (χ1) is 12.0. The molecule has 1 aliphatic rings. The van der Waals surface area contributed by atoms with E-state index in [1.807, 2.05) is 4.90 Å². The lowest BCUT2D eigenvalue weighted by Crippen LogP contribution is -2.50. The number of carbonyl (C=O) groups excluding carboxylic acids is 2. The Labute approximate surface area is 149 Å². The Bertz CT molecular complexity index is 755. The molecule has 1 aromatic carbocycles. The van der Waals surface area contributed by atoms with Crippen molar-refractivity contribution in [2.75, 3.05) is 38.0 Å². The van der Waals surface area contributed by atoms with Crippen LogP contribution < -0.4 is 5.32 Å². The predicted molar refractivity (Wildman–Crippen MR) is 91.1 cm³/mol. The van der Waals surface area contributed by atoms with Crippen molar-refractivity contribution in [3.63, 3.8) is 0 Å². The Morgan fingerprint density at radius 1 is 1.08 bits per heavy atom. The van der Waals surface area contributed by atoms with E-state index >= 15 is 0 Å². The fourth-order valence-corrected chi connectivity index (χ4v) is 2.78. The summed E-state index contributed by atoms with van der Waals surface area (Å²) in [7, 11) is 0. The van der Waals surface area contributed by atoms with Crippen LogP contribution in [-0.4, -0.2) is 54.3 Å². The van der Waals surface area contributed by atoms with E-state index in [-0.39, 0.29) is 35.2 Å². The first kappa shape index (κ1) is 17.4. The highest BCUT2D eigenvalue weighted by molar-refractivity contribution is 6.29. The van der Waals surface area contributed by atoms with Crippen molar-refractivity contribution in [3.8, 4) is 0 Å². The molecule has 1 aliphatic heterocycles. The van der Waals surface area contributed by atoms with Crippen molar-refractivity contribution >= 4 is 29.1 Å². The number of anilines is 1. The minimum Gasteiger partial charge on any atom is -0.440 e. The molecule has 1 aromatic heterocycles. The minimum atomic E-state index is -0.350. The molecular formula is C17H17ClFN3O3. The summed E-state index contributed by atoms with van der Waals surface area (Å²) in [6.45, 7) is 2.38. The fourth-order valence-electron chi connectivity index (χ4n) is 2.63. The molecule has 2 heterocycles. The van der Waals surface area contributed by atoms with E-state index in [0.717, 1.165) is 0 Å². The number of piperazine rings is 1. The van der Waals surface area contributed by atoms with Crippen molar-refractivity contribution in [2.24, 2.45) is 0 Å². The van der Waals surface area contributed by atoms with Gasteiger partial charge in [0.1, 0.15) is 5.82 Å². The second kappa shape index (κ2) is 7.67. The highest BCUT2D eigenvalue weighted by atomic mass is 35.5. The maximum absolute atomic E-state index is 12.9. The monoisotopic (exact) mass is 365 g/mol. The summed E-state index contributed by atoms with van der Waals surface area (Å²) in [4.78, 5) is 27.9. The molecule has 0 saturated carbocycles. The van der Waals surface area contributed by atoms with Crippen molar-refractivity contribution in [1.82, 2.24) is 9.80 Å². The van der Waals surface area contributed by atoms with Crippen LogP contribution in [0.15, 0.2) is 40.8 Å². The molecule has 1 saturated heterocycles. The first-order valence-corrected chi connectivity index (χ1v) is 8.21. The summed E-state index contributed by atoms with van der Waals surface area (Å²) in [5.74, 6) is -0.518. The molecule has 6 nitrogen and oxygen atoms in total. The van der Waals surface area contributed by atoms with Crippen LogP contribution in [-0.2, 0) is 4.79 Å². The molecule has 0 atom stereocenters.